The Morgan fingerprint density at radius 1 is 1.33 bits per heavy atom. The van der Waals surface area contributed by atoms with E-state index in [1.165, 1.54) is 0 Å². The van der Waals surface area contributed by atoms with Crippen molar-refractivity contribution >= 4 is 34.5 Å². The third-order valence-electron chi connectivity index (χ3n) is 2.59. The summed E-state index contributed by atoms with van der Waals surface area (Å²) < 4.78 is 5.39. The van der Waals surface area contributed by atoms with E-state index in [1.807, 2.05) is 23.8 Å². The quantitative estimate of drug-likeness (QED) is 0.902. The number of hydrogen-bond acceptors (Lipinski definition) is 3. The summed E-state index contributed by atoms with van der Waals surface area (Å²) in [6.45, 7) is 2.45. The Morgan fingerprint density at radius 2 is 2.11 bits per heavy atom. The van der Waals surface area contributed by atoms with Crippen molar-refractivity contribution in [2.24, 2.45) is 5.73 Å². The summed E-state index contributed by atoms with van der Waals surface area (Å²) in [5.41, 5.74) is 8.02. The van der Waals surface area contributed by atoms with Gasteiger partial charge in [0.1, 0.15) is 5.75 Å². The molecule has 0 spiro atoms. The van der Waals surface area contributed by atoms with E-state index in [2.05, 4.69) is 0 Å². The summed E-state index contributed by atoms with van der Waals surface area (Å²) >= 11 is 14.0. The molecule has 2 rings (SSSR count). The second-order valence-corrected chi connectivity index (χ2v) is 5.37. The van der Waals surface area contributed by atoms with Gasteiger partial charge in [-0.05, 0) is 40.9 Å². The SMILES string of the molecule is CCOc1cc(Cl)c(C(N)c2ccsc2)cc1Cl. The number of rotatable bonds is 4. The van der Waals surface area contributed by atoms with Crippen molar-refractivity contribution in [3.8, 4) is 5.75 Å². The standard InChI is InChI=1S/C13H13Cl2NOS/c1-2-17-12-6-10(14)9(5-11(12)15)13(16)8-3-4-18-7-8/h3-7,13H,2,16H2,1H3. The van der Waals surface area contributed by atoms with Crippen molar-refractivity contribution < 1.29 is 4.74 Å². The summed E-state index contributed by atoms with van der Waals surface area (Å²) in [6.07, 6.45) is 0. The van der Waals surface area contributed by atoms with Crippen LogP contribution in [0, 0.1) is 0 Å². The highest BCUT2D eigenvalue weighted by Gasteiger charge is 2.16. The summed E-state index contributed by atoms with van der Waals surface area (Å²) in [6, 6.07) is 5.21. The van der Waals surface area contributed by atoms with E-state index in [0.29, 0.717) is 22.4 Å². The Morgan fingerprint density at radius 3 is 2.72 bits per heavy atom. The lowest BCUT2D eigenvalue weighted by atomic mass is 10.0. The maximum absolute atomic E-state index is 6.23. The van der Waals surface area contributed by atoms with E-state index in [1.54, 1.807) is 23.5 Å². The molecule has 0 aliphatic rings. The number of thiophene rings is 1. The van der Waals surface area contributed by atoms with Gasteiger partial charge in [0.2, 0.25) is 0 Å². The van der Waals surface area contributed by atoms with E-state index >= 15 is 0 Å². The summed E-state index contributed by atoms with van der Waals surface area (Å²) in [5, 5.41) is 5.09. The molecule has 2 aromatic rings. The molecule has 0 saturated carbocycles. The number of ether oxygens (including phenoxy) is 1. The molecule has 1 aromatic heterocycles. The first kappa shape index (κ1) is 13.7. The van der Waals surface area contributed by atoms with Gasteiger partial charge >= 0.3 is 0 Å². The first-order valence-electron chi connectivity index (χ1n) is 5.53. The van der Waals surface area contributed by atoms with Gasteiger partial charge in [0.15, 0.2) is 0 Å². The molecule has 1 heterocycles. The van der Waals surface area contributed by atoms with Crippen molar-refractivity contribution in [3.05, 3.63) is 50.1 Å². The van der Waals surface area contributed by atoms with Gasteiger partial charge in [0.25, 0.3) is 0 Å². The molecule has 18 heavy (non-hydrogen) atoms. The molecule has 0 saturated heterocycles. The van der Waals surface area contributed by atoms with Crippen LogP contribution in [0.1, 0.15) is 24.1 Å². The van der Waals surface area contributed by atoms with Crippen molar-refractivity contribution in [2.45, 2.75) is 13.0 Å². The van der Waals surface area contributed by atoms with E-state index in [-0.39, 0.29) is 6.04 Å². The van der Waals surface area contributed by atoms with E-state index in [9.17, 15) is 0 Å². The van der Waals surface area contributed by atoms with Crippen molar-refractivity contribution in [3.63, 3.8) is 0 Å². The van der Waals surface area contributed by atoms with Crippen LogP contribution < -0.4 is 10.5 Å². The zero-order valence-electron chi connectivity index (χ0n) is 9.82. The van der Waals surface area contributed by atoms with Gasteiger partial charge in [-0.25, -0.2) is 0 Å². The summed E-state index contributed by atoms with van der Waals surface area (Å²) in [5.74, 6) is 0.588. The molecule has 0 aliphatic carbocycles. The predicted molar refractivity (Wildman–Crippen MR) is 78.0 cm³/mol. The van der Waals surface area contributed by atoms with Crippen LogP contribution in [0.5, 0.6) is 5.75 Å². The third kappa shape index (κ3) is 2.81. The van der Waals surface area contributed by atoms with Gasteiger partial charge in [-0.3, -0.25) is 0 Å². The summed E-state index contributed by atoms with van der Waals surface area (Å²) in [4.78, 5) is 0. The highest BCUT2D eigenvalue weighted by atomic mass is 35.5. The minimum atomic E-state index is -0.267. The first-order chi connectivity index (χ1) is 8.63. The number of benzene rings is 1. The molecule has 1 aromatic carbocycles. The largest absolute Gasteiger partial charge is 0.492 e. The molecule has 2 N–H and O–H groups in total. The van der Waals surface area contributed by atoms with Crippen LogP contribution in [-0.4, -0.2) is 6.61 Å². The Balaban J connectivity index is 2.37. The molecular formula is C13H13Cl2NOS. The molecule has 1 atom stereocenters. The lowest BCUT2D eigenvalue weighted by Gasteiger charge is -2.15. The van der Waals surface area contributed by atoms with E-state index in [4.69, 9.17) is 33.7 Å². The molecular weight excluding hydrogens is 289 g/mol. The van der Waals surface area contributed by atoms with Crippen molar-refractivity contribution in [1.82, 2.24) is 0 Å². The third-order valence-corrected chi connectivity index (χ3v) is 3.91. The Bertz CT molecular complexity index is 528. The van der Waals surface area contributed by atoms with Gasteiger partial charge < -0.3 is 10.5 Å². The van der Waals surface area contributed by atoms with Crippen LogP contribution >= 0.6 is 34.5 Å². The molecule has 96 valence electrons. The van der Waals surface area contributed by atoms with E-state index < -0.39 is 0 Å². The van der Waals surface area contributed by atoms with Crippen LogP contribution in [0.4, 0.5) is 0 Å². The summed E-state index contributed by atoms with van der Waals surface area (Å²) in [7, 11) is 0. The first-order valence-corrected chi connectivity index (χ1v) is 7.22. The van der Waals surface area contributed by atoms with Crippen LogP contribution in [0.3, 0.4) is 0 Å². The molecule has 0 amide bonds. The Kier molecular flexibility index (Phi) is 4.51. The average Bonchev–Trinajstić information content (AvgIpc) is 2.86. The fourth-order valence-corrected chi connectivity index (χ4v) is 2.87. The van der Waals surface area contributed by atoms with Crippen molar-refractivity contribution in [1.29, 1.82) is 0 Å². The zero-order valence-corrected chi connectivity index (χ0v) is 12.1. The molecule has 0 radical (unpaired) electrons. The van der Waals surface area contributed by atoms with Gasteiger partial charge in [0, 0.05) is 11.1 Å². The lowest BCUT2D eigenvalue weighted by molar-refractivity contribution is 0.340. The fraction of sp³-hybridized carbons (Fsp3) is 0.231. The topological polar surface area (TPSA) is 35.2 Å². The zero-order chi connectivity index (χ0) is 13.1. The normalized spacial score (nSPS) is 12.4. The lowest BCUT2D eigenvalue weighted by Crippen LogP contribution is -2.11. The van der Waals surface area contributed by atoms with E-state index in [0.717, 1.165) is 11.1 Å². The molecule has 5 heteroatoms. The predicted octanol–water partition coefficient (Wildman–Crippen LogP) is 4.50. The second kappa shape index (κ2) is 5.93. The highest BCUT2D eigenvalue weighted by molar-refractivity contribution is 7.08. The molecule has 1 unspecified atom stereocenters. The number of nitrogens with two attached hydrogens (primary N) is 1. The number of hydrogen-bond donors (Lipinski definition) is 1. The Labute approximate surface area is 120 Å². The smallest absolute Gasteiger partial charge is 0.139 e. The van der Waals surface area contributed by atoms with Gasteiger partial charge in [-0.2, -0.15) is 11.3 Å². The average molecular weight is 302 g/mol. The van der Waals surface area contributed by atoms with Crippen LogP contribution in [0.15, 0.2) is 29.0 Å². The van der Waals surface area contributed by atoms with Crippen LogP contribution in [0.25, 0.3) is 0 Å². The second-order valence-electron chi connectivity index (χ2n) is 3.77. The van der Waals surface area contributed by atoms with Crippen LogP contribution in [-0.2, 0) is 0 Å². The highest BCUT2D eigenvalue weighted by Crippen LogP contribution is 2.35. The van der Waals surface area contributed by atoms with Gasteiger partial charge in [-0.15, -0.1) is 0 Å². The number of halogens is 2. The van der Waals surface area contributed by atoms with Gasteiger partial charge in [0.05, 0.1) is 17.7 Å². The Hall–Kier alpha value is -0.740. The fourth-order valence-electron chi connectivity index (χ4n) is 1.68. The van der Waals surface area contributed by atoms with Crippen molar-refractivity contribution in [2.75, 3.05) is 6.61 Å². The molecule has 0 bridgehead atoms. The maximum atomic E-state index is 6.23. The van der Waals surface area contributed by atoms with Gasteiger partial charge in [-0.1, -0.05) is 23.2 Å². The monoisotopic (exact) mass is 301 g/mol. The van der Waals surface area contributed by atoms with Crippen LogP contribution in [0.2, 0.25) is 10.0 Å². The minimum Gasteiger partial charge on any atom is -0.492 e. The maximum Gasteiger partial charge on any atom is 0.139 e. The molecule has 0 aliphatic heterocycles. The molecule has 0 fully saturated rings. The minimum absolute atomic E-state index is 0.267. The molecule has 2 nitrogen and oxygen atoms in total.